The van der Waals surface area contributed by atoms with Gasteiger partial charge in [-0.1, -0.05) is 6.07 Å². The van der Waals surface area contributed by atoms with E-state index in [0.717, 1.165) is 32.1 Å². The van der Waals surface area contributed by atoms with Crippen molar-refractivity contribution in [1.82, 2.24) is 25.3 Å². The lowest BCUT2D eigenvalue weighted by Gasteiger charge is -2.22. The van der Waals surface area contributed by atoms with E-state index in [1.807, 2.05) is 18.3 Å². The van der Waals surface area contributed by atoms with E-state index in [0.29, 0.717) is 22.7 Å². The Morgan fingerprint density at radius 2 is 1.85 bits per heavy atom. The van der Waals surface area contributed by atoms with Gasteiger partial charge in [-0.2, -0.15) is 0 Å². The highest BCUT2D eigenvalue weighted by atomic mass is 19.1. The van der Waals surface area contributed by atoms with Gasteiger partial charge in [-0.15, -0.1) is 0 Å². The van der Waals surface area contributed by atoms with Gasteiger partial charge in [0.1, 0.15) is 22.8 Å². The molecule has 0 spiro atoms. The third kappa shape index (κ3) is 4.44. The Bertz CT molecular complexity index is 1320. The van der Waals surface area contributed by atoms with Crippen molar-refractivity contribution in [3.63, 3.8) is 0 Å². The van der Waals surface area contributed by atoms with Crippen molar-refractivity contribution in [2.75, 3.05) is 18.4 Å². The second-order valence-corrected chi connectivity index (χ2v) is 8.45. The minimum atomic E-state index is -0.841. The van der Waals surface area contributed by atoms with Crippen molar-refractivity contribution in [1.29, 1.82) is 0 Å². The van der Waals surface area contributed by atoms with Gasteiger partial charge in [0.2, 0.25) is 5.95 Å². The van der Waals surface area contributed by atoms with Crippen LogP contribution >= 0.6 is 0 Å². The lowest BCUT2D eigenvalue weighted by molar-refractivity contribution is 0.201. The topological polar surface area (TPSA) is 95.9 Å². The van der Waals surface area contributed by atoms with Crippen LogP contribution in [-0.2, 0) is 0 Å². The molecule has 0 aliphatic carbocycles. The van der Waals surface area contributed by atoms with Crippen LogP contribution in [-0.4, -0.2) is 38.1 Å². The molecule has 1 atom stereocenters. The number of nitrogens with one attached hydrogen (secondary N) is 2. The minimum Gasteiger partial charge on any atom is -0.389 e. The number of hydrogen-bond acceptors (Lipinski definition) is 7. The van der Waals surface area contributed by atoms with Gasteiger partial charge < -0.3 is 15.7 Å². The number of nitrogens with zero attached hydrogens (tertiary/aromatic N) is 4. The largest absolute Gasteiger partial charge is 0.389 e. The molecule has 3 aromatic heterocycles. The molecule has 9 heteroatoms. The van der Waals surface area contributed by atoms with Gasteiger partial charge in [0, 0.05) is 23.3 Å². The number of aliphatic hydroxyl groups excluding tert-OH is 1. The number of halogens is 2. The van der Waals surface area contributed by atoms with E-state index in [1.54, 1.807) is 19.1 Å². The molecule has 4 aromatic rings. The second-order valence-electron chi connectivity index (χ2n) is 8.45. The van der Waals surface area contributed by atoms with Gasteiger partial charge >= 0.3 is 0 Å². The number of rotatable bonds is 5. The average molecular weight is 463 g/mol. The number of hydrogen-bond donors (Lipinski definition) is 3. The summed E-state index contributed by atoms with van der Waals surface area (Å²) >= 11 is 0. The average Bonchev–Trinajstić information content (AvgIpc) is 2.86. The summed E-state index contributed by atoms with van der Waals surface area (Å²) in [6, 6.07) is 8.24. The van der Waals surface area contributed by atoms with Crippen LogP contribution in [0, 0.1) is 11.6 Å². The van der Waals surface area contributed by atoms with Crippen LogP contribution in [0.15, 0.2) is 48.9 Å². The van der Waals surface area contributed by atoms with E-state index in [4.69, 9.17) is 0 Å². The molecule has 1 aliphatic rings. The molecule has 3 N–H and O–H groups in total. The third-order valence-electron chi connectivity index (χ3n) is 6.14. The summed E-state index contributed by atoms with van der Waals surface area (Å²) in [5.41, 5.74) is 1.94. The lowest BCUT2D eigenvalue weighted by Crippen LogP contribution is -2.26. The molecule has 1 unspecified atom stereocenters. The van der Waals surface area contributed by atoms with Crippen molar-refractivity contribution < 1.29 is 13.9 Å². The van der Waals surface area contributed by atoms with Gasteiger partial charge in [0.25, 0.3) is 0 Å². The Kier molecular flexibility index (Phi) is 6.12. The predicted octanol–water partition coefficient (Wildman–Crippen LogP) is 4.63. The molecule has 0 radical (unpaired) electrons. The van der Waals surface area contributed by atoms with Crippen molar-refractivity contribution in [2.24, 2.45) is 0 Å². The van der Waals surface area contributed by atoms with Crippen molar-refractivity contribution in [3.8, 4) is 11.3 Å². The standard InChI is InChI=1S/C25H24F2N6O/c1-14(34)18-6-9-29-24-19(18)10-17(11-20(24)26)23-21(27)13-31-25(33-23)32-22-3-2-16(12-30-22)15-4-7-28-8-5-15/h2-3,6,9-15,28,34H,4-5,7-8H2,1H3,(H,30,31,32,33). The van der Waals surface area contributed by atoms with Crippen LogP contribution in [0.3, 0.4) is 0 Å². The highest BCUT2D eigenvalue weighted by Crippen LogP contribution is 2.31. The van der Waals surface area contributed by atoms with Crippen LogP contribution in [0.1, 0.15) is 42.9 Å². The summed E-state index contributed by atoms with van der Waals surface area (Å²) in [6.45, 7) is 3.58. The Hall–Kier alpha value is -3.56. The lowest BCUT2D eigenvalue weighted by atomic mass is 9.91. The molecule has 1 saturated heterocycles. The third-order valence-corrected chi connectivity index (χ3v) is 6.14. The molecule has 0 saturated carbocycles. The molecular weight excluding hydrogens is 438 g/mol. The van der Waals surface area contributed by atoms with E-state index in [1.165, 1.54) is 17.8 Å². The first-order valence-electron chi connectivity index (χ1n) is 11.2. The first-order valence-corrected chi connectivity index (χ1v) is 11.2. The maximum absolute atomic E-state index is 14.8. The Morgan fingerprint density at radius 1 is 1.03 bits per heavy atom. The fourth-order valence-electron chi connectivity index (χ4n) is 4.35. The highest BCUT2D eigenvalue weighted by Gasteiger charge is 2.18. The zero-order valence-corrected chi connectivity index (χ0v) is 18.6. The van der Waals surface area contributed by atoms with Gasteiger partial charge in [-0.25, -0.2) is 23.7 Å². The van der Waals surface area contributed by atoms with Gasteiger partial charge in [0.05, 0.1) is 12.3 Å². The first kappa shape index (κ1) is 22.2. The molecule has 1 aliphatic heterocycles. The van der Waals surface area contributed by atoms with Gasteiger partial charge in [0.15, 0.2) is 5.82 Å². The number of pyridine rings is 2. The molecular formula is C25H24F2N6O. The van der Waals surface area contributed by atoms with Crippen LogP contribution in [0.4, 0.5) is 20.5 Å². The fourth-order valence-corrected chi connectivity index (χ4v) is 4.35. The molecule has 4 heterocycles. The summed E-state index contributed by atoms with van der Waals surface area (Å²) in [7, 11) is 0. The first-order chi connectivity index (χ1) is 16.5. The summed E-state index contributed by atoms with van der Waals surface area (Å²) in [6.07, 6.45) is 5.62. The zero-order valence-electron chi connectivity index (χ0n) is 18.6. The second kappa shape index (κ2) is 9.36. The van der Waals surface area contributed by atoms with E-state index in [2.05, 4.69) is 30.6 Å². The molecule has 1 fully saturated rings. The van der Waals surface area contributed by atoms with E-state index >= 15 is 0 Å². The molecule has 174 valence electrons. The number of piperidine rings is 1. The smallest absolute Gasteiger partial charge is 0.229 e. The molecule has 1 aromatic carbocycles. The fraction of sp³-hybridized carbons (Fsp3) is 0.280. The summed E-state index contributed by atoms with van der Waals surface area (Å²) in [4.78, 5) is 16.8. The number of anilines is 2. The van der Waals surface area contributed by atoms with Crippen LogP contribution < -0.4 is 10.6 Å². The van der Waals surface area contributed by atoms with Crippen molar-refractivity contribution >= 4 is 22.7 Å². The van der Waals surface area contributed by atoms with Crippen LogP contribution in [0.2, 0.25) is 0 Å². The van der Waals surface area contributed by atoms with E-state index < -0.39 is 17.7 Å². The quantitative estimate of drug-likeness (QED) is 0.398. The molecule has 0 amide bonds. The molecule has 0 bridgehead atoms. The number of fused-ring (bicyclic) bond motifs is 1. The van der Waals surface area contributed by atoms with Gasteiger partial charge in [-0.05, 0) is 74.2 Å². The molecule has 5 rings (SSSR count). The molecule has 34 heavy (non-hydrogen) atoms. The van der Waals surface area contributed by atoms with Gasteiger partial charge in [-0.3, -0.25) is 4.98 Å². The van der Waals surface area contributed by atoms with E-state index in [-0.39, 0.29) is 22.7 Å². The summed E-state index contributed by atoms with van der Waals surface area (Å²) in [5.74, 6) is -0.166. The zero-order chi connectivity index (χ0) is 23.7. The SMILES string of the molecule is CC(O)c1ccnc2c(F)cc(-c3nc(Nc4ccc(C5CCNCC5)cn4)ncc3F)cc12. The van der Waals surface area contributed by atoms with Crippen LogP contribution in [0.5, 0.6) is 0 Å². The number of benzene rings is 1. The highest BCUT2D eigenvalue weighted by molar-refractivity contribution is 5.87. The summed E-state index contributed by atoms with van der Waals surface area (Å²) < 4.78 is 29.5. The Morgan fingerprint density at radius 3 is 2.59 bits per heavy atom. The number of aliphatic hydroxyl groups is 1. The minimum absolute atomic E-state index is 0.0648. The Labute approximate surface area is 195 Å². The van der Waals surface area contributed by atoms with Crippen molar-refractivity contribution in [2.45, 2.75) is 31.8 Å². The molecule has 7 nitrogen and oxygen atoms in total. The predicted molar refractivity (Wildman–Crippen MR) is 126 cm³/mol. The van der Waals surface area contributed by atoms with E-state index in [9.17, 15) is 13.9 Å². The monoisotopic (exact) mass is 462 g/mol. The maximum Gasteiger partial charge on any atom is 0.229 e. The van der Waals surface area contributed by atoms with Crippen molar-refractivity contribution in [3.05, 3.63) is 71.7 Å². The number of aromatic nitrogens is 4. The normalized spacial score (nSPS) is 15.4. The summed E-state index contributed by atoms with van der Waals surface area (Å²) in [5, 5.41) is 16.8. The van der Waals surface area contributed by atoms with Crippen LogP contribution in [0.25, 0.3) is 22.2 Å². The maximum atomic E-state index is 14.8. The Balaban J connectivity index is 1.45.